The van der Waals surface area contributed by atoms with Crippen LogP contribution in [0.25, 0.3) is 0 Å². The number of aliphatic hydroxyl groups is 1. The van der Waals surface area contributed by atoms with E-state index in [1.54, 1.807) is 11.3 Å². The van der Waals surface area contributed by atoms with Crippen LogP contribution in [0.1, 0.15) is 48.3 Å². The number of carbonyl (C=O) groups is 1. The van der Waals surface area contributed by atoms with Gasteiger partial charge in [-0.2, -0.15) is 0 Å². The van der Waals surface area contributed by atoms with Gasteiger partial charge in [-0.15, -0.1) is 11.3 Å². The van der Waals surface area contributed by atoms with Gasteiger partial charge >= 0.3 is 0 Å². The molecule has 0 unspecified atom stereocenters. The molecule has 1 aliphatic carbocycles. The van der Waals surface area contributed by atoms with Crippen molar-refractivity contribution in [3.8, 4) is 0 Å². The molecule has 0 radical (unpaired) electrons. The van der Waals surface area contributed by atoms with E-state index in [0.29, 0.717) is 6.54 Å². The predicted molar refractivity (Wildman–Crippen MR) is 73.6 cm³/mol. The van der Waals surface area contributed by atoms with Crippen molar-refractivity contribution >= 4 is 17.2 Å². The standard InChI is InChI=1S/C14H21NO2S/c1-11-5-6-12(18-11)10-15-13(16)9-14(17)7-3-2-4-8-14/h5-6,17H,2-4,7-10H2,1H3,(H,15,16). The van der Waals surface area contributed by atoms with Gasteiger partial charge in [-0.05, 0) is 31.9 Å². The van der Waals surface area contributed by atoms with E-state index in [4.69, 9.17) is 0 Å². The van der Waals surface area contributed by atoms with Crippen LogP contribution in [0.15, 0.2) is 12.1 Å². The summed E-state index contributed by atoms with van der Waals surface area (Å²) in [6, 6.07) is 4.09. The Morgan fingerprint density at radius 2 is 2.11 bits per heavy atom. The first kappa shape index (κ1) is 13.6. The fraction of sp³-hybridized carbons (Fsp3) is 0.643. The minimum atomic E-state index is -0.756. The van der Waals surface area contributed by atoms with Crippen LogP contribution < -0.4 is 5.32 Å². The quantitative estimate of drug-likeness (QED) is 0.881. The van der Waals surface area contributed by atoms with Crippen molar-refractivity contribution in [2.24, 2.45) is 0 Å². The van der Waals surface area contributed by atoms with Gasteiger partial charge in [0.25, 0.3) is 0 Å². The Kier molecular flexibility index (Phi) is 4.40. The molecule has 1 heterocycles. The molecule has 1 amide bonds. The lowest BCUT2D eigenvalue weighted by molar-refractivity contribution is -0.127. The van der Waals surface area contributed by atoms with Gasteiger partial charge in [-0.25, -0.2) is 0 Å². The van der Waals surface area contributed by atoms with Crippen molar-refractivity contribution < 1.29 is 9.90 Å². The van der Waals surface area contributed by atoms with E-state index in [2.05, 4.69) is 18.3 Å². The first-order valence-electron chi connectivity index (χ1n) is 6.62. The van der Waals surface area contributed by atoms with Gasteiger partial charge in [0.2, 0.25) is 5.91 Å². The molecule has 18 heavy (non-hydrogen) atoms. The van der Waals surface area contributed by atoms with Crippen LogP contribution in [0, 0.1) is 6.92 Å². The number of hydrogen-bond acceptors (Lipinski definition) is 3. The summed E-state index contributed by atoms with van der Waals surface area (Å²) in [7, 11) is 0. The van der Waals surface area contributed by atoms with Crippen LogP contribution >= 0.6 is 11.3 Å². The minimum Gasteiger partial charge on any atom is -0.389 e. The third-order valence-electron chi connectivity index (χ3n) is 3.53. The molecule has 4 heteroatoms. The Labute approximate surface area is 112 Å². The summed E-state index contributed by atoms with van der Waals surface area (Å²) in [5.74, 6) is -0.0366. The fourth-order valence-electron chi connectivity index (χ4n) is 2.51. The average Bonchev–Trinajstić information content (AvgIpc) is 2.73. The summed E-state index contributed by atoms with van der Waals surface area (Å²) < 4.78 is 0. The Bertz CT molecular complexity index is 408. The van der Waals surface area contributed by atoms with E-state index in [9.17, 15) is 9.90 Å². The van der Waals surface area contributed by atoms with Gasteiger partial charge in [-0.1, -0.05) is 19.3 Å². The largest absolute Gasteiger partial charge is 0.389 e. The van der Waals surface area contributed by atoms with Crippen molar-refractivity contribution in [2.45, 2.75) is 57.6 Å². The van der Waals surface area contributed by atoms with E-state index in [0.717, 1.165) is 30.6 Å². The molecule has 2 rings (SSSR count). The van der Waals surface area contributed by atoms with Gasteiger partial charge in [0, 0.05) is 9.75 Å². The van der Waals surface area contributed by atoms with Crippen molar-refractivity contribution in [1.82, 2.24) is 5.32 Å². The van der Waals surface area contributed by atoms with Crippen LogP contribution in [0.2, 0.25) is 0 Å². The van der Waals surface area contributed by atoms with Crippen LogP contribution in [0.5, 0.6) is 0 Å². The lowest BCUT2D eigenvalue weighted by Crippen LogP contribution is -2.38. The van der Waals surface area contributed by atoms with Crippen molar-refractivity contribution in [2.75, 3.05) is 0 Å². The molecular weight excluding hydrogens is 246 g/mol. The van der Waals surface area contributed by atoms with Gasteiger partial charge < -0.3 is 10.4 Å². The molecule has 0 atom stereocenters. The third-order valence-corrected chi connectivity index (χ3v) is 4.53. The molecule has 0 aromatic carbocycles. The average molecular weight is 267 g/mol. The Morgan fingerprint density at radius 1 is 1.39 bits per heavy atom. The van der Waals surface area contributed by atoms with E-state index in [1.807, 2.05) is 6.07 Å². The molecule has 0 aliphatic heterocycles. The summed E-state index contributed by atoms with van der Waals surface area (Å²) in [4.78, 5) is 14.2. The second-order valence-electron chi connectivity index (χ2n) is 5.25. The van der Waals surface area contributed by atoms with Crippen LogP contribution in [0.3, 0.4) is 0 Å². The van der Waals surface area contributed by atoms with Gasteiger partial charge in [0.05, 0.1) is 18.6 Å². The van der Waals surface area contributed by atoms with Crippen LogP contribution in [0.4, 0.5) is 0 Å². The smallest absolute Gasteiger partial charge is 0.223 e. The lowest BCUT2D eigenvalue weighted by atomic mass is 9.82. The van der Waals surface area contributed by atoms with Crippen molar-refractivity contribution in [3.05, 3.63) is 21.9 Å². The zero-order valence-corrected chi connectivity index (χ0v) is 11.7. The maximum absolute atomic E-state index is 11.8. The number of rotatable bonds is 4. The summed E-state index contributed by atoms with van der Waals surface area (Å²) in [6.07, 6.45) is 5.02. The first-order chi connectivity index (χ1) is 8.57. The van der Waals surface area contributed by atoms with Gasteiger partial charge in [0.1, 0.15) is 0 Å². The third kappa shape index (κ3) is 3.82. The lowest BCUT2D eigenvalue weighted by Gasteiger charge is -2.31. The highest BCUT2D eigenvalue weighted by Crippen LogP contribution is 2.30. The molecule has 3 nitrogen and oxygen atoms in total. The molecule has 1 saturated carbocycles. The van der Waals surface area contributed by atoms with Crippen molar-refractivity contribution in [3.63, 3.8) is 0 Å². The molecule has 1 aliphatic rings. The highest BCUT2D eigenvalue weighted by atomic mass is 32.1. The van der Waals surface area contributed by atoms with E-state index in [-0.39, 0.29) is 12.3 Å². The highest BCUT2D eigenvalue weighted by molar-refractivity contribution is 7.11. The summed E-state index contributed by atoms with van der Waals surface area (Å²) >= 11 is 1.70. The van der Waals surface area contributed by atoms with E-state index in [1.165, 1.54) is 11.3 Å². The normalized spacial score (nSPS) is 18.6. The number of amides is 1. The fourth-order valence-corrected chi connectivity index (χ4v) is 3.34. The number of thiophene rings is 1. The number of nitrogens with one attached hydrogen (secondary N) is 1. The Morgan fingerprint density at radius 3 is 2.72 bits per heavy atom. The number of aryl methyl sites for hydroxylation is 1. The first-order valence-corrected chi connectivity index (χ1v) is 7.43. The number of carbonyl (C=O) groups excluding carboxylic acids is 1. The molecular formula is C14H21NO2S. The van der Waals surface area contributed by atoms with Crippen LogP contribution in [-0.4, -0.2) is 16.6 Å². The van der Waals surface area contributed by atoms with Crippen LogP contribution in [-0.2, 0) is 11.3 Å². The summed E-state index contributed by atoms with van der Waals surface area (Å²) in [5, 5.41) is 13.2. The monoisotopic (exact) mass is 267 g/mol. The minimum absolute atomic E-state index is 0.0366. The molecule has 1 aromatic heterocycles. The zero-order chi connectivity index (χ0) is 13.0. The Balaban J connectivity index is 1.78. The molecule has 100 valence electrons. The van der Waals surface area contributed by atoms with Crippen molar-refractivity contribution in [1.29, 1.82) is 0 Å². The highest BCUT2D eigenvalue weighted by Gasteiger charge is 2.31. The molecule has 0 bridgehead atoms. The van der Waals surface area contributed by atoms with E-state index >= 15 is 0 Å². The van der Waals surface area contributed by atoms with E-state index < -0.39 is 5.60 Å². The molecule has 2 N–H and O–H groups in total. The Hall–Kier alpha value is -0.870. The second-order valence-corrected chi connectivity index (χ2v) is 6.62. The maximum Gasteiger partial charge on any atom is 0.223 e. The topological polar surface area (TPSA) is 49.3 Å². The SMILES string of the molecule is Cc1ccc(CNC(=O)CC2(O)CCCCC2)s1. The van der Waals surface area contributed by atoms with Gasteiger partial charge in [0.15, 0.2) is 0 Å². The zero-order valence-electron chi connectivity index (χ0n) is 10.9. The summed E-state index contributed by atoms with van der Waals surface area (Å²) in [5.41, 5.74) is -0.756. The predicted octanol–water partition coefficient (Wildman–Crippen LogP) is 2.76. The van der Waals surface area contributed by atoms with Gasteiger partial charge in [-0.3, -0.25) is 4.79 Å². The molecule has 0 spiro atoms. The maximum atomic E-state index is 11.8. The summed E-state index contributed by atoms with van der Waals surface area (Å²) in [6.45, 7) is 2.63. The second kappa shape index (κ2) is 5.85. The molecule has 1 fully saturated rings. The molecule has 1 aromatic rings. The molecule has 0 saturated heterocycles. The number of hydrogen-bond donors (Lipinski definition) is 2.